The highest BCUT2D eigenvalue weighted by atomic mass is 16.5. The summed E-state index contributed by atoms with van der Waals surface area (Å²) in [6, 6.07) is 1.92. The van der Waals surface area contributed by atoms with Gasteiger partial charge in [-0.2, -0.15) is 5.26 Å². The smallest absolute Gasteiger partial charge is 0.350 e. The molecule has 0 spiro atoms. The first-order valence-corrected chi connectivity index (χ1v) is 5.97. The van der Waals surface area contributed by atoms with Crippen molar-refractivity contribution < 1.29 is 14.3 Å². The first kappa shape index (κ1) is 12.4. The van der Waals surface area contributed by atoms with Crippen LogP contribution in [0, 0.1) is 11.3 Å². The van der Waals surface area contributed by atoms with Gasteiger partial charge in [-0.3, -0.25) is 4.79 Å². The average Bonchev–Trinajstić information content (AvgIpc) is 2.39. The van der Waals surface area contributed by atoms with Crippen molar-refractivity contribution in [1.82, 2.24) is 10.6 Å². The second-order valence-electron chi connectivity index (χ2n) is 4.47. The Hall–Kier alpha value is -2.03. The van der Waals surface area contributed by atoms with E-state index in [4.69, 9.17) is 5.26 Å². The lowest BCUT2D eigenvalue weighted by Crippen LogP contribution is -2.59. The van der Waals surface area contributed by atoms with Gasteiger partial charge in [0.2, 0.25) is 0 Å². The minimum Gasteiger partial charge on any atom is -0.465 e. The van der Waals surface area contributed by atoms with Gasteiger partial charge in [-0.15, -0.1) is 0 Å². The van der Waals surface area contributed by atoms with Gasteiger partial charge in [0.15, 0.2) is 5.57 Å². The third-order valence-electron chi connectivity index (χ3n) is 3.39. The zero-order valence-corrected chi connectivity index (χ0v) is 10.2. The standard InChI is InChI=1S/C12H15N3O3/c1-18-12(17)7(6-13)10-11(16)15-9-5-3-2-4-8(9)14-10/h8-9,14H,2-5H2,1H3,(H,15,16)/b10-7-/t8-,9-/m0/s1. The van der Waals surface area contributed by atoms with Crippen molar-refractivity contribution in [3.8, 4) is 6.07 Å². The SMILES string of the molecule is COC(=O)/C(C#N)=C1\N[C@H]2CCCC[C@@H]2NC1=O. The summed E-state index contributed by atoms with van der Waals surface area (Å²) in [5.41, 5.74) is -0.230. The molecule has 1 heterocycles. The Bertz CT molecular complexity index is 450. The van der Waals surface area contributed by atoms with Gasteiger partial charge < -0.3 is 15.4 Å². The van der Waals surface area contributed by atoms with Crippen LogP contribution in [0.1, 0.15) is 25.7 Å². The Morgan fingerprint density at radius 2 is 1.94 bits per heavy atom. The lowest BCUT2D eigenvalue weighted by atomic mass is 9.88. The molecule has 6 heteroatoms. The number of ether oxygens (including phenoxy) is 1. The van der Waals surface area contributed by atoms with E-state index in [9.17, 15) is 9.59 Å². The van der Waals surface area contributed by atoms with Crippen molar-refractivity contribution in [1.29, 1.82) is 5.26 Å². The van der Waals surface area contributed by atoms with Gasteiger partial charge in [-0.1, -0.05) is 12.8 Å². The molecule has 0 aromatic carbocycles. The van der Waals surface area contributed by atoms with Gasteiger partial charge in [0.25, 0.3) is 5.91 Å². The predicted octanol–water partition coefficient (Wildman–Crippen LogP) is -0.0323. The van der Waals surface area contributed by atoms with Crippen LogP contribution in [0.15, 0.2) is 11.3 Å². The van der Waals surface area contributed by atoms with Crippen LogP contribution < -0.4 is 10.6 Å². The first-order valence-electron chi connectivity index (χ1n) is 5.97. The summed E-state index contributed by atoms with van der Waals surface area (Å²) in [4.78, 5) is 23.3. The highest BCUT2D eigenvalue weighted by molar-refractivity contribution is 6.05. The van der Waals surface area contributed by atoms with E-state index < -0.39 is 11.9 Å². The molecule has 2 rings (SSSR count). The fourth-order valence-electron chi connectivity index (χ4n) is 2.46. The summed E-state index contributed by atoms with van der Waals surface area (Å²) in [6.07, 6.45) is 4.02. The van der Waals surface area contributed by atoms with Gasteiger partial charge in [0, 0.05) is 12.1 Å². The number of methoxy groups -OCH3 is 1. The number of esters is 1. The molecule has 2 fully saturated rings. The average molecular weight is 249 g/mol. The number of nitrogens with zero attached hydrogens (tertiary/aromatic N) is 1. The lowest BCUT2D eigenvalue weighted by molar-refractivity contribution is -0.136. The number of fused-ring (bicyclic) bond motifs is 1. The monoisotopic (exact) mass is 249 g/mol. The summed E-state index contributed by atoms with van der Waals surface area (Å²) in [7, 11) is 1.18. The third kappa shape index (κ3) is 2.16. The highest BCUT2D eigenvalue weighted by Crippen LogP contribution is 2.23. The first-order chi connectivity index (χ1) is 8.67. The van der Waals surface area contributed by atoms with Crippen molar-refractivity contribution >= 4 is 11.9 Å². The molecule has 1 saturated carbocycles. The van der Waals surface area contributed by atoms with Crippen molar-refractivity contribution in [2.24, 2.45) is 0 Å². The van der Waals surface area contributed by atoms with Crippen molar-refractivity contribution in [2.75, 3.05) is 7.11 Å². The zero-order valence-electron chi connectivity index (χ0n) is 10.2. The molecule has 0 unspecified atom stereocenters. The minimum atomic E-state index is -0.788. The van der Waals surface area contributed by atoms with Crippen molar-refractivity contribution in [3.63, 3.8) is 0 Å². The molecule has 0 aromatic heterocycles. The predicted molar refractivity (Wildman–Crippen MR) is 62.0 cm³/mol. The number of nitrogens with one attached hydrogen (secondary N) is 2. The van der Waals surface area contributed by atoms with E-state index in [-0.39, 0.29) is 23.4 Å². The number of rotatable bonds is 1. The van der Waals surface area contributed by atoms with E-state index in [1.165, 1.54) is 7.11 Å². The number of carbonyl (C=O) groups is 2. The van der Waals surface area contributed by atoms with Crippen LogP contribution in [0.4, 0.5) is 0 Å². The van der Waals surface area contributed by atoms with Crippen LogP contribution in [-0.2, 0) is 14.3 Å². The molecule has 96 valence electrons. The molecule has 1 aliphatic carbocycles. The van der Waals surface area contributed by atoms with Gasteiger partial charge in [-0.25, -0.2) is 4.79 Å². The zero-order chi connectivity index (χ0) is 13.1. The Labute approximate surface area is 105 Å². The number of carbonyl (C=O) groups excluding carboxylic acids is 2. The van der Waals surface area contributed by atoms with Crippen LogP contribution in [0.3, 0.4) is 0 Å². The molecule has 0 aromatic rings. The molecule has 1 aliphatic heterocycles. The molecule has 0 bridgehead atoms. The Balaban J connectivity index is 2.28. The van der Waals surface area contributed by atoms with Crippen molar-refractivity contribution in [3.05, 3.63) is 11.3 Å². The van der Waals surface area contributed by atoms with Crippen molar-refractivity contribution in [2.45, 2.75) is 37.8 Å². The Kier molecular flexibility index (Phi) is 3.51. The molecular formula is C12H15N3O3. The van der Waals surface area contributed by atoms with Gasteiger partial charge in [0.1, 0.15) is 11.8 Å². The molecule has 2 aliphatic rings. The van der Waals surface area contributed by atoms with Gasteiger partial charge in [-0.05, 0) is 12.8 Å². The second-order valence-corrected chi connectivity index (χ2v) is 4.47. The Morgan fingerprint density at radius 3 is 2.50 bits per heavy atom. The topological polar surface area (TPSA) is 91.2 Å². The summed E-state index contributed by atoms with van der Waals surface area (Å²) in [5.74, 6) is -1.19. The fourth-order valence-corrected chi connectivity index (χ4v) is 2.46. The second kappa shape index (κ2) is 5.08. The summed E-state index contributed by atoms with van der Waals surface area (Å²) >= 11 is 0. The number of nitriles is 1. The van der Waals surface area contributed by atoms with Gasteiger partial charge >= 0.3 is 5.97 Å². The van der Waals surface area contributed by atoms with Crippen LogP contribution in [0.25, 0.3) is 0 Å². The molecule has 18 heavy (non-hydrogen) atoms. The molecule has 1 amide bonds. The summed E-state index contributed by atoms with van der Waals surface area (Å²) in [6.45, 7) is 0. The van der Waals surface area contributed by atoms with E-state index in [0.29, 0.717) is 0 Å². The fraction of sp³-hybridized carbons (Fsp3) is 0.583. The van der Waals surface area contributed by atoms with E-state index >= 15 is 0 Å². The maximum Gasteiger partial charge on any atom is 0.350 e. The maximum absolute atomic E-state index is 11.9. The molecule has 2 atom stereocenters. The van der Waals surface area contributed by atoms with Crippen LogP contribution in [-0.4, -0.2) is 31.1 Å². The molecular weight excluding hydrogens is 234 g/mol. The minimum absolute atomic E-state index is 0.0347. The molecule has 6 nitrogen and oxygen atoms in total. The maximum atomic E-state index is 11.9. The molecule has 0 radical (unpaired) electrons. The van der Waals surface area contributed by atoms with E-state index in [0.717, 1.165) is 25.7 Å². The molecule has 1 saturated heterocycles. The lowest BCUT2D eigenvalue weighted by Gasteiger charge is -2.38. The van der Waals surface area contributed by atoms with E-state index in [1.54, 1.807) is 6.07 Å². The normalized spacial score (nSPS) is 29.2. The number of piperazine rings is 1. The summed E-state index contributed by atoms with van der Waals surface area (Å²) < 4.78 is 4.50. The Morgan fingerprint density at radius 1 is 1.33 bits per heavy atom. The van der Waals surface area contributed by atoms with E-state index in [2.05, 4.69) is 15.4 Å². The van der Waals surface area contributed by atoms with Crippen LogP contribution in [0.5, 0.6) is 0 Å². The number of hydrogen-bond donors (Lipinski definition) is 2. The van der Waals surface area contributed by atoms with Crippen LogP contribution in [0.2, 0.25) is 0 Å². The van der Waals surface area contributed by atoms with Crippen LogP contribution >= 0.6 is 0 Å². The van der Waals surface area contributed by atoms with Gasteiger partial charge in [0.05, 0.1) is 7.11 Å². The number of amides is 1. The van der Waals surface area contributed by atoms with E-state index in [1.807, 2.05) is 0 Å². The third-order valence-corrected chi connectivity index (χ3v) is 3.39. The number of hydrogen-bond acceptors (Lipinski definition) is 5. The quantitative estimate of drug-likeness (QED) is 0.387. The largest absolute Gasteiger partial charge is 0.465 e. The summed E-state index contributed by atoms with van der Waals surface area (Å²) in [5, 5.41) is 14.8. The molecule has 2 N–H and O–H groups in total. The highest BCUT2D eigenvalue weighted by Gasteiger charge is 2.35.